The van der Waals surface area contributed by atoms with Gasteiger partial charge in [-0.3, -0.25) is 10.1 Å². The van der Waals surface area contributed by atoms with Gasteiger partial charge in [-0.2, -0.15) is 0 Å². The number of amidine groups is 1. The van der Waals surface area contributed by atoms with E-state index >= 15 is 0 Å². The minimum absolute atomic E-state index is 0.0697. The Morgan fingerprint density at radius 1 is 1.17 bits per heavy atom. The first-order chi connectivity index (χ1) is 14.3. The second-order valence-corrected chi connectivity index (χ2v) is 6.60. The third-order valence-corrected chi connectivity index (χ3v) is 4.28. The fourth-order valence-electron chi connectivity index (χ4n) is 2.33. The van der Waals surface area contributed by atoms with Crippen LogP contribution in [0.3, 0.4) is 0 Å². The van der Waals surface area contributed by atoms with Gasteiger partial charge in [0.2, 0.25) is 5.76 Å². The Morgan fingerprint density at radius 3 is 2.67 bits per heavy atom. The molecule has 1 aromatic heterocycles. The molecule has 3 rings (SSSR count). The molecule has 0 spiro atoms. The topological polar surface area (TPSA) is 130 Å². The van der Waals surface area contributed by atoms with Crippen LogP contribution in [0.5, 0.6) is 5.75 Å². The lowest BCUT2D eigenvalue weighted by molar-refractivity contribution is -0.386. The number of para-hydroxylation sites is 2. The highest BCUT2D eigenvalue weighted by molar-refractivity contribution is 6.36. The van der Waals surface area contributed by atoms with Gasteiger partial charge in [0.25, 0.3) is 0 Å². The van der Waals surface area contributed by atoms with Gasteiger partial charge in [-0.05, 0) is 36.4 Å². The van der Waals surface area contributed by atoms with E-state index in [9.17, 15) is 14.9 Å². The van der Waals surface area contributed by atoms with Crippen LogP contribution in [0.1, 0.15) is 21.9 Å². The molecule has 11 heteroatoms. The maximum absolute atomic E-state index is 12.1. The van der Waals surface area contributed by atoms with Crippen molar-refractivity contribution >= 4 is 40.7 Å². The summed E-state index contributed by atoms with van der Waals surface area (Å²) < 4.78 is 10.7. The van der Waals surface area contributed by atoms with Gasteiger partial charge in [-0.1, -0.05) is 40.5 Å². The molecule has 1 heterocycles. The summed E-state index contributed by atoms with van der Waals surface area (Å²) in [5, 5.41) is 15.2. The zero-order valence-corrected chi connectivity index (χ0v) is 16.6. The van der Waals surface area contributed by atoms with Crippen molar-refractivity contribution in [2.24, 2.45) is 10.9 Å². The molecule has 0 unspecified atom stereocenters. The first-order valence-electron chi connectivity index (χ1n) is 8.30. The zero-order valence-electron chi connectivity index (χ0n) is 15.1. The Morgan fingerprint density at radius 2 is 1.93 bits per heavy atom. The number of carbonyl (C=O) groups is 1. The Bertz CT molecular complexity index is 1130. The van der Waals surface area contributed by atoms with Crippen LogP contribution >= 0.6 is 23.2 Å². The van der Waals surface area contributed by atoms with Crippen molar-refractivity contribution in [1.82, 2.24) is 0 Å². The van der Waals surface area contributed by atoms with E-state index in [0.717, 1.165) is 0 Å². The monoisotopic (exact) mass is 449 g/mol. The zero-order chi connectivity index (χ0) is 21.7. The van der Waals surface area contributed by atoms with Crippen molar-refractivity contribution < 1.29 is 23.7 Å². The smallest absolute Gasteiger partial charge is 0.400 e. The molecule has 0 bridgehead atoms. The van der Waals surface area contributed by atoms with Crippen LogP contribution in [0.25, 0.3) is 0 Å². The highest BCUT2D eigenvalue weighted by atomic mass is 35.5. The normalized spacial score (nSPS) is 11.2. The van der Waals surface area contributed by atoms with Crippen molar-refractivity contribution in [3.8, 4) is 5.75 Å². The van der Waals surface area contributed by atoms with Crippen LogP contribution in [-0.2, 0) is 11.4 Å². The number of ether oxygens (including phenoxy) is 1. The molecule has 2 N–H and O–H groups in total. The SMILES string of the molecule is N/C(=N\OC(=O)c1ccc(COc2ccccc2[N+](=O)[O-])o1)c1ccc(Cl)cc1Cl. The summed E-state index contributed by atoms with van der Waals surface area (Å²) in [6.45, 7) is -0.135. The van der Waals surface area contributed by atoms with Crippen molar-refractivity contribution in [1.29, 1.82) is 0 Å². The van der Waals surface area contributed by atoms with Crippen molar-refractivity contribution in [3.05, 3.63) is 91.8 Å². The summed E-state index contributed by atoms with van der Waals surface area (Å²) in [5.41, 5.74) is 5.92. The minimum Gasteiger partial charge on any atom is -0.479 e. The van der Waals surface area contributed by atoms with E-state index in [1.165, 1.54) is 42.5 Å². The average Bonchev–Trinajstić information content (AvgIpc) is 3.19. The number of hydrogen-bond donors (Lipinski definition) is 1. The number of nitro groups is 1. The Hall–Kier alpha value is -3.56. The summed E-state index contributed by atoms with van der Waals surface area (Å²) in [6, 6.07) is 13.3. The van der Waals surface area contributed by atoms with E-state index in [-0.39, 0.29) is 40.4 Å². The molecule has 0 saturated carbocycles. The second kappa shape index (κ2) is 9.29. The molecule has 0 aliphatic rings. The van der Waals surface area contributed by atoms with Gasteiger partial charge >= 0.3 is 11.7 Å². The lowest BCUT2D eigenvalue weighted by atomic mass is 10.2. The molecule has 9 nitrogen and oxygen atoms in total. The second-order valence-electron chi connectivity index (χ2n) is 5.76. The van der Waals surface area contributed by atoms with Gasteiger partial charge in [0, 0.05) is 16.7 Å². The number of benzene rings is 2. The molecule has 2 aromatic carbocycles. The van der Waals surface area contributed by atoms with E-state index in [1.54, 1.807) is 12.1 Å². The average molecular weight is 450 g/mol. The molecule has 0 aliphatic carbocycles. The number of oxime groups is 1. The molecule has 3 aromatic rings. The van der Waals surface area contributed by atoms with Crippen LogP contribution in [0.2, 0.25) is 10.0 Å². The molecule has 154 valence electrons. The van der Waals surface area contributed by atoms with Gasteiger partial charge in [-0.25, -0.2) is 4.79 Å². The van der Waals surface area contributed by atoms with Gasteiger partial charge in [0.15, 0.2) is 11.6 Å². The first kappa shape index (κ1) is 21.2. The Labute approximate surface area is 179 Å². The molecule has 0 atom stereocenters. The number of halogens is 2. The van der Waals surface area contributed by atoms with E-state index in [4.69, 9.17) is 42.9 Å². The molecule has 0 radical (unpaired) electrons. The van der Waals surface area contributed by atoms with Gasteiger partial charge < -0.3 is 19.7 Å². The number of nitro benzene ring substituents is 1. The standard InChI is InChI=1S/C19H13Cl2N3O6/c20-11-5-7-13(14(21)9-11)18(22)23-30-19(25)17-8-6-12(29-17)10-28-16-4-2-1-3-15(16)24(26)27/h1-9H,10H2,(H2,22,23). The predicted octanol–water partition coefficient (Wildman–Crippen LogP) is 4.55. The van der Waals surface area contributed by atoms with E-state index in [0.29, 0.717) is 10.6 Å². The molecule has 0 fully saturated rings. The summed E-state index contributed by atoms with van der Waals surface area (Å²) in [7, 11) is 0. The molecular formula is C19H13Cl2N3O6. The number of nitrogens with two attached hydrogens (primary N) is 1. The Balaban J connectivity index is 1.63. The number of carbonyl (C=O) groups excluding carboxylic acids is 1. The van der Waals surface area contributed by atoms with E-state index in [2.05, 4.69) is 5.16 Å². The highest BCUT2D eigenvalue weighted by Gasteiger charge is 2.17. The molecule has 0 saturated heterocycles. The fraction of sp³-hybridized carbons (Fsp3) is 0.0526. The summed E-state index contributed by atoms with van der Waals surface area (Å²) in [4.78, 5) is 27.3. The van der Waals surface area contributed by atoms with E-state index in [1.807, 2.05) is 0 Å². The predicted molar refractivity (Wildman–Crippen MR) is 109 cm³/mol. The molecule has 0 aliphatic heterocycles. The van der Waals surface area contributed by atoms with Crippen molar-refractivity contribution in [3.63, 3.8) is 0 Å². The first-order valence-corrected chi connectivity index (χ1v) is 9.06. The number of hydrogen-bond acceptors (Lipinski definition) is 7. The summed E-state index contributed by atoms with van der Waals surface area (Å²) in [6.07, 6.45) is 0. The molecule has 30 heavy (non-hydrogen) atoms. The largest absolute Gasteiger partial charge is 0.479 e. The third kappa shape index (κ3) is 5.07. The lowest BCUT2D eigenvalue weighted by Crippen LogP contribution is -2.15. The highest BCUT2D eigenvalue weighted by Crippen LogP contribution is 2.27. The maximum Gasteiger partial charge on any atom is 0.400 e. The minimum atomic E-state index is -0.903. The van der Waals surface area contributed by atoms with Crippen LogP contribution in [0, 0.1) is 10.1 Å². The van der Waals surface area contributed by atoms with Crippen molar-refractivity contribution in [2.75, 3.05) is 0 Å². The van der Waals surface area contributed by atoms with Crippen LogP contribution in [0.4, 0.5) is 5.69 Å². The summed E-state index contributed by atoms with van der Waals surface area (Å²) in [5.74, 6) is -0.871. The van der Waals surface area contributed by atoms with E-state index < -0.39 is 10.9 Å². The quantitative estimate of drug-likeness (QED) is 0.184. The maximum atomic E-state index is 12.1. The third-order valence-electron chi connectivity index (χ3n) is 3.73. The van der Waals surface area contributed by atoms with Crippen molar-refractivity contribution in [2.45, 2.75) is 6.61 Å². The van der Waals surface area contributed by atoms with Gasteiger partial charge in [-0.15, -0.1) is 0 Å². The fourth-order valence-corrected chi connectivity index (χ4v) is 2.83. The van der Waals surface area contributed by atoms with Crippen LogP contribution in [-0.4, -0.2) is 16.7 Å². The lowest BCUT2D eigenvalue weighted by Gasteiger charge is -2.04. The van der Waals surface area contributed by atoms with Gasteiger partial charge in [0.05, 0.1) is 9.95 Å². The Kier molecular flexibility index (Phi) is 6.55. The number of nitrogens with zero attached hydrogens (tertiary/aromatic N) is 2. The molecule has 0 amide bonds. The molecular weight excluding hydrogens is 437 g/mol. The van der Waals surface area contributed by atoms with Crippen LogP contribution in [0.15, 0.2) is 64.2 Å². The van der Waals surface area contributed by atoms with Gasteiger partial charge in [0.1, 0.15) is 12.4 Å². The summed E-state index contributed by atoms with van der Waals surface area (Å²) >= 11 is 11.8. The number of rotatable bonds is 7. The number of furan rings is 1. The van der Waals surface area contributed by atoms with Crippen LogP contribution < -0.4 is 10.5 Å².